The van der Waals surface area contributed by atoms with Gasteiger partial charge in [0.25, 0.3) is 0 Å². The van der Waals surface area contributed by atoms with Gasteiger partial charge in [-0.3, -0.25) is 9.36 Å². The monoisotopic (exact) mass is 1370 g/mol. The third kappa shape index (κ3) is 16.7. The van der Waals surface area contributed by atoms with Gasteiger partial charge in [-0.05, 0) is 162 Å². The number of nitrogens with zero attached hydrogens (tertiary/aromatic N) is 11. The molecule has 0 radical (unpaired) electrons. The maximum atomic E-state index is 14.8. The Morgan fingerprint density at radius 3 is 1.55 bits per heavy atom. The Morgan fingerprint density at radius 2 is 1.13 bits per heavy atom. The van der Waals surface area contributed by atoms with Crippen molar-refractivity contribution in [1.82, 2.24) is 49.0 Å². The third-order valence-corrected chi connectivity index (χ3v) is 25.8. The van der Waals surface area contributed by atoms with Gasteiger partial charge in [0, 0.05) is 76.6 Å². The van der Waals surface area contributed by atoms with Crippen LogP contribution in [0.3, 0.4) is 0 Å². The van der Waals surface area contributed by atoms with Crippen molar-refractivity contribution in [2.24, 2.45) is 0 Å². The average Bonchev–Trinajstić information content (AvgIpc) is 4.50. The van der Waals surface area contributed by atoms with Crippen LogP contribution in [-0.2, 0) is 33.8 Å². The van der Waals surface area contributed by atoms with E-state index in [1.807, 2.05) is 33.2 Å². The fraction of sp³-hybridized carbons (Fsp3) is 0.393. The van der Waals surface area contributed by atoms with Crippen LogP contribution >= 0.6 is 47.8 Å². The number of aromatic nitrogens is 10. The van der Waals surface area contributed by atoms with E-state index in [-0.39, 0.29) is 34.8 Å². The predicted octanol–water partition coefficient (Wildman–Crippen LogP) is 15.4. The molecule has 20 nitrogen and oxygen atoms in total. The molecule has 0 fully saturated rings. The normalized spacial score (nSPS) is 12.6. The standard InChI is InChI=1S/C28H34BrFN6O4Si.C22H27FN4O4Si.C6H8Br2N2/c1-7-35-25(29)19(16-33-35)17-34-14-13-32-26(34)21-11-10-20(30)15-22(21)24(18-39-41(5,6)28(2,3)4)40-23-9-8-12-31-27(23)36(37)38;1-22(2,3)32(4,5)30-14-19(31-18-7-6-10-26-21(18)27(28)29)17-13-15(23)8-9-16(17)20-24-11-12-25-20;1-2-10-6(8)5(3-7)4-9-10/h8-16,24H,7,17-18H2,1-6H3;6-13,19H,14H2,1-5H3,(H,24,25);4H,2-3H2,1H3. The van der Waals surface area contributed by atoms with Gasteiger partial charge in [0.15, 0.2) is 16.6 Å². The van der Waals surface area contributed by atoms with Gasteiger partial charge in [0.1, 0.15) is 57.1 Å². The molecule has 0 spiro atoms. The van der Waals surface area contributed by atoms with E-state index in [0.717, 1.165) is 26.6 Å². The average molecular weight is 1370 g/mol. The van der Waals surface area contributed by atoms with Crippen molar-refractivity contribution in [3.63, 3.8) is 0 Å². The molecule has 27 heteroatoms. The number of imidazole rings is 2. The zero-order valence-electron chi connectivity index (χ0n) is 48.4. The van der Waals surface area contributed by atoms with Gasteiger partial charge in [-0.2, -0.15) is 10.2 Å². The van der Waals surface area contributed by atoms with Crippen LogP contribution in [0, 0.1) is 31.9 Å². The fourth-order valence-corrected chi connectivity index (χ4v) is 11.6. The second kappa shape index (κ2) is 28.5. The minimum Gasteiger partial charge on any atom is -0.475 e. The Kier molecular flexibility index (Phi) is 22.6. The summed E-state index contributed by atoms with van der Waals surface area (Å²) in [6, 6.07) is 14.7. The summed E-state index contributed by atoms with van der Waals surface area (Å²) >= 11 is 10.4. The van der Waals surface area contributed by atoms with Gasteiger partial charge in [0.2, 0.25) is 11.5 Å². The van der Waals surface area contributed by atoms with Gasteiger partial charge < -0.3 is 48.1 Å². The number of aromatic amines is 1. The van der Waals surface area contributed by atoms with Crippen LogP contribution in [0.1, 0.15) is 89.9 Å². The number of aryl methyl sites for hydroxylation is 2. The number of nitrogens with one attached hydrogen (secondary N) is 1. The van der Waals surface area contributed by atoms with Crippen molar-refractivity contribution in [3.05, 3.63) is 174 Å². The molecule has 444 valence electrons. The van der Waals surface area contributed by atoms with Crippen LogP contribution in [0.15, 0.2) is 119 Å². The zero-order valence-corrected chi connectivity index (χ0v) is 55.1. The first-order chi connectivity index (χ1) is 39.1. The molecule has 0 aliphatic heterocycles. The highest BCUT2D eigenvalue weighted by atomic mass is 79.9. The maximum Gasteiger partial charge on any atom is 0.406 e. The number of hydrogen-bond donors (Lipinski definition) is 1. The lowest BCUT2D eigenvalue weighted by Crippen LogP contribution is -2.42. The van der Waals surface area contributed by atoms with Gasteiger partial charge >= 0.3 is 11.6 Å². The second-order valence-electron chi connectivity index (χ2n) is 22.0. The van der Waals surface area contributed by atoms with E-state index in [4.69, 9.17) is 18.3 Å². The van der Waals surface area contributed by atoms with Crippen LogP contribution in [0.4, 0.5) is 20.4 Å². The summed E-state index contributed by atoms with van der Waals surface area (Å²) in [4.78, 5) is 41.6. The highest BCUT2D eigenvalue weighted by molar-refractivity contribution is 9.11. The lowest BCUT2D eigenvalue weighted by atomic mass is 10.0. The molecule has 0 amide bonds. The van der Waals surface area contributed by atoms with Crippen LogP contribution in [0.25, 0.3) is 22.8 Å². The highest BCUT2D eigenvalue weighted by Gasteiger charge is 2.40. The molecule has 0 saturated carbocycles. The Hall–Kier alpha value is -6.37. The molecule has 6 heterocycles. The van der Waals surface area contributed by atoms with Crippen molar-refractivity contribution in [2.75, 3.05) is 13.2 Å². The highest BCUT2D eigenvalue weighted by Crippen LogP contribution is 2.42. The lowest BCUT2D eigenvalue weighted by Gasteiger charge is -2.37. The number of nitro groups is 2. The Balaban J connectivity index is 0.000000233. The topological polar surface area (TPSA) is 231 Å². The van der Waals surface area contributed by atoms with E-state index in [2.05, 4.69) is 158 Å². The van der Waals surface area contributed by atoms with Crippen LogP contribution in [0.5, 0.6) is 11.5 Å². The molecule has 2 aromatic carbocycles. The van der Waals surface area contributed by atoms with Crippen molar-refractivity contribution in [1.29, 1.82) is 0 Å². The van der Waals surface area contributed by atoms with Gasteiger partial charge in [-0.15, -0.1) is 0 Å². The Bertz CT molecular complexity index is 3440. The number of rotatable bonds is 21. The molecular formula is C56H69Br3F2N12O8Si2. The molecular weight excluding hydrogens is 1300 g/mol. The van der Waals surface area contributed by atoms with Crippen LogP contribution < -0.4 is 9.47 Å². The van der Waals surface area contributed by atoms with E-state index in [1.54, 1.807) is 49.1 Å². The summed E-state index contributed by atoms with van der Waals surface area (Å²) < 4.78 is 62.0. The predicted molar refractivity (Wildman–Crippen MR) is 329 cm³/mol. The molecule has 1 N–H and O–H groups in total. The largest absolute Gasteiger partial charge is 0.475 e. The second-order valence-corrected chi connectivity index (χ2v) is 33.7. The fourth-order valence-electron chi connectivity index (χ4n) is 7.66. The third-order valence-electron chi connectivity index (χ3n) is 14.4. The Labute approximate surface area is 508 Å². The Morgan fingerprint density at radius 1 is 0.663 bits per heavy atom. The van der Waals surface area contributed by atoms with Crippen molar-refractivity contribution < 1.29 is 37.0 Å². The van der Waals surface area contributed by atoms with Crippen molar-refractivity contribution in [2.45, 2.75) is 129 Å². The molecule has 0 bridgehead atoms. The summed E-state index contributed by atoms with van der Waals surface area (Å²) in [6.07, 6.45) is 11.4. The molecule has 2 unspecified atom stereocenters. The first-order valence-corrected chi connectivity index (χ1v) is 35.0. The number of ether oxygens (including phenoxy) is 2. The minimum absolute atomic E-state index is 0.0176. The number of alkyl halides is 1. The van der Waals surface area contributed by atoms with Crippen molar-refractivity contribution >= 4 is 76.1 Å². The van der Waals surface area contributed by atoms with Gasteiger partial charge in [-0.1, -0.05) is 57.5 Å². The first kappa shape index (κ1) is 65.8. The lowest BCUT2D eigenvalue weighted by molar-refractivity contribution is -0.390. The zero-order chi connectivity index (χ0) is 61.0. The van der Waals surface area contributed by atoms with E-state index >= 15 is 0 Å². The van der Waals surface area contributed by atoms with Crippen LogP contribution in [0.2, 0.25) is 36.3 Å². The van der Waals surface area contributed by atoms with Crippen LogP contribution in [-0.4, -0.2) is 88.7 Å². The van der Waals surface area contributed by atoms with E-state index < -0.39 is 62.0 Å². The smallest absolute Gasteiger partial charge is 0.406 e. The maximum absolute atomic E-state index is 14.8. The summed E-state index contributed by atoms with van der Waals surface area (Å²) in [5, 5.41) is 32.4. The summed E-state index contributed by atoms with van der Waals surface area (Å²) in [7, 11) is -4.48. The SMILES string of the molecule is CC(C)(C)[Si](C)(C)OCC(Oc1cccnc1[N+](=O)[O-])c1cc(F)ccc1-c1ncc[nH]1.CCn1ncc(CBr)c1Br.CCn1ncc(Cn2ccnc2-c2ccc(F)cc2C(CO[Si](C)(C)C(C)(C)C)Oc2cccnc2[N+](=O)[O-])c1Br. The molecule has 0 aliphatic rings. The molecule has 8 aromatic rings. The van der Waals surface area contributed by atoms with Gasteiger partial charge in [0.05, 0.1) is 32.2 Å². The minimum atomic E-state index is -2.28. The van der Waals surface area contributed by atoms with Gasteiger partial charge in [-0.25, -0.2) is 18.7 Å². The quantitative estimate of drug-likeness (QED) is 0.0305. The summed E-state index contributed by atoms with van der Waals surface area (Å²) in [6.45, 7) is 27.4. The van der Waals surface area contributed by atoms with E-state index in [0.29, 0.717) is 47.0 Å². The first-order valence-electron chi connectivity index (χ1n) is 26.5. The number of halogens is 5. The molecule has 6 aromatic heterocycles. The number of pyridine rings is 2. The number of hydrogen-bond acceptors (Lipinski definition) is 14. The number of H-pyrrole nitrogens is 1. The van der Waals surface area contributed by atoms with Crippen molar-refractivity contribution in [3.8, 4) is 34.3 Å². The molecule has 0 saturated heterocycles. The van der Waals surface area contributed by atoms with E-state index in [1.165, 1.54) is 54.4 Å². The summed E-state index contributed by atoms with van der Waals surface area (Å²) in [5.41, 5.74) is 4.31. The summed E-state index contributed by atoms with van der Waals surface area (Å²) in [5.74, 6) is -0.721. The molecule has 0 aliphatic carbocycles. The molecule has 2 atom stereocenters. The molecule has 83 heavy (non-hydrogen) atoms. The molecule has 8 rings (SSSR count). The van der Waals surface area contributed by atoms with E-state index in [9.17, 15) is 29.0 Å². The number of benzene rings is 2.